The largest absolute Gasteiger partial charge is 0.440 e. The number of rotatable bonds is 5. The van der Waals surface area contributed by atoms with Crippen LogP contribution in [0.5, 0.6) is 0 Å². The molecule has 1 aliphatic rings. The first kappa shape index (κ1) is 16.2. The molecule has 124 valence electrons. The molecule has 1 fully saturated rings. The van der Waals surface area contributed by atoms with Gasteiger partial charge in [0.15, 0.2) is 0 Å². The quantitative estimate of drug-likeness (QED) is 0.913. The minimum absolute atomic E-state index is 0.0422. The number of likely N-dealkylation sites (N-methyl/N-ethyl adjacent to an activating group) is 1. The molecule has 1 amide bonds. The molecule has 2 aromatic rings. The number of carbonyl (C=O) groups is 1. The van der Waals surface area contributed by atoms with Gasteiger partial charge in [-0.3, -0.25) is 4.79 Å². The van der Waals surface area contributed by atoms with Crippen LogP contribution in [0.3, 0.4) is 0 Å². The Morgan fingerprint density at radius 2 is 2.22 bits per heavy atom. The van der Waals surface area contributed by atoms with Crippen molar-refractivity contribution in [2.75, 3.05) is 13.6 Å². The van der Waals surface area contributed by atoms with Gasteiger partial charge in [-0.25, -0.2) is 4.98 Å². The minimum Gasteiger partial charge on any atom is -0.440 e. The molecule has 1 N–H and O–H groups in total. The van der Waals surface area contributed by atoms with Crippen molar-refractivity contribution < 1.29 is 14.3 Å². The van der Waals surface area contributed by atoms with Gasteiger partial charge in [-0.05, 0) is 31.2 Å². The van der Waals surface area contributed by atoms with Crippen molar-refractivity contribution >= 4 is 17.2 Å². The van der Waals surface area contributed by atoms with Crippen LogP contribution in [-0.4, -0.2) is 40.1 Å². The number of nitrogens with zero attached hydrogens (tertiary/aromatic N) is 2. The molecule has 0 saturated heterocycles. The predicted octanol–water partition coefficient (Wildman–Crippen LogP) is 3.02. The Balaban J connectivity index is 1.65. The summed E-state index contributed by atoms with van der Waals surface area (Å²) in [5, 5.41) is 12.4. The molecule has 0 aromatic carbocycles. The highest BCUT2D eigenvalue weighted by Gasteiger charge is 2.33. The Hall–Kier alpha value is -1.66. The molecule has 0 spiro atoms. The average molecular weight is 334 g/mol. The molecule has 0 radical (unpaired) electrons. The number of aliphatic hydroxyl groups is 1. The molecule has 0 unspecified atom stereocenters. The summed E-state index contributed by atoms with van der Waals surface area (Å²) < 4.78 is 5.67. The Bertz CT molecular complexity index is 672. The summed E-state index contributed by atoms with van der Waals surface area (Å²) in [5.41, 5.74) is -0.0468. The lowest BCUT2D eigenvalue weighted by Crippen LogP contribution is -2.42. The van der Waals surface area contributed by atoms with Crippen molar-refractivity contribution in [2.45, 2.75) is 44.6 Å². The summed E-state index contributed by atoms with van der Waals surface area (Å²) in [5.74, 6) is 1.20. The second kappa shape index (κ2) is 6.45. The van der Waals surface area contributed by atoms with Gasteiger partial charge in [0, 0.05) is 13.6 Å². The van der Waals surface area contributed by atoms with Crippen LogP contribution in [0.25, 0.3) is 10.8 Å². The summed E-state index contributed by atoms with van der Waals surface area (Å²) >= 11 is 1.56. The van der Waals surface area contributed by atoms with Crippen LogP contribution >= 0.6 is 11.3 Å². The molecular weight excluding hydrogens is 312 g/mol. The fraction of sp³-hybridized carbons (Fsp3) is 0.529. The van der Waals surface area contributed by atoms with Gasteiger partial charge in [-0.2, -0.15) is 0 Å². The fourth-order valence-electron chi connectivity index (χ4n) is 3.10. The van der Waals surface area contributed by atoms with Crippen LogP contribution < -0.4 is 0 Å². The molecule has 5 nitrogen and oxygen atoms in total. The van der Waals surface area contributed by atoms with Crippen molar-refractivity contribution in [1.82, 2.24) is 9.88 Å². The molecule has 0 atom stereocenters. The number of hydrogen-bond donors (Lipinski definition) is 1. The van der Waals surface area contributed by atoms with Crippen molar-refractivity contribution in [2.24, 2.45) is 0 Å². The summed E-state index contributed by atoms with van der Waals surface area (Å²) in [6.07, 6.45) is 3.82. The van der Waals surface area contributed by atoms with Crippen LogP contribution in [0.15, 0.2) is 21.9 Å². The highest BCUT2D eigenvalue weighted by atomic mass is 32.1. The maximum absolute atomic E-state index is 12.4. The van der Waals surface area contributed by atoms with E-state index in [1.807, 2.05) is 24.4 Å². The van der Waals surface area contributed by atoms with Crippen molar-refractivity contribution in [3.63, 3.8) is 0 Å². The highest BCUT2D eigenvalue weighted by Crippen LogP contribution is 2.30. The van der Waals surface area contributed by atoms with Crippen LogP contribution in [0, 0.1) is 6.92 Å². The lowest BCUT2D eigenvalue weighted by atomic mass is 10.0. The molecule has 0 aliphatic heterocycles. The summed E-state index contributed by atoms with van der Waals surface area (Å²) in [7, 11) is 1.74. The SMILES string of the molecule is Cc1oc(-c2cccs2)nc1CC(=O)N(C)CC1(O)CCCC1. The third kappa shape index (κ3) is 3.64. The molecule has 0 bridgehead atoms. The topological polar surface area (TPSA) is 66.6 Å². The van der Waals surface area contributed by atoms with Crippen LogP contribution in [-0.2, 0) is 11.2 Å². The van der Waals surface area contributed by atoms with E-state index >= 15 is 0 Å². The number of aromatic nitrogens is 1. The maximum Gasteiger partial charge on any atom is 0.236 e. The maximum atomic E-state index is 12.4. The van der Waals surface area contributed by atoms with E-state index < -0.39 is 5.60 Å². The number of thiophene rings is 1. The van der Waals surface area contributed by atoms with Crippen molar-refractivity contribution in [3.05, 3.63) is 29.0 Å². The molecule has 2 heterocycles. The van der Waals surface area contributed by atoms with E-state index in [0.29, 0.717) is 23.9 Å². The number of hydrogen-bond acceptors (Lipinski definition) is 5. The number of aryl methyl sites for hydroxylation is 1. The smallest absolute Gasteiger partial charge is 0.236 e. The first-order chi connectivity index (χ1) is 11.0. The van der Waals surface area contributed by atoms with Gasteiger partial charge in [0.25, 0.3) is 0 Å². The van der Waals surface area contributed by atoms with Crippen LogP contribution in [0.1, 0.15) is 37.1 Å². The third-order valence-electron chi connectivity index (χ3n) is 4.43. The Kier molecular flexibility index (Phi) is 4.55. The van der Waals surface area contributed by atoms with Gasteiger partial charge in [0.05, 0.1) is 22.6 Å². The molecular formula is C17H22N2O3S. The zero-order chi connectivity index (χ0) is 16.4. The lowest BCUT2D eigenvalue weighted by molar-refractivity contribution is -0.132. The second-order valence-electron chi connectivity index (χ2n) is 6.36. The highest BCUT2D eigenvalue weighted by molar-refractivity contribution is 7.13. The van der Waals surface area contributed by atoms with E-state index in [-0.39, 0.29) is 12.3 Å². The number of carbonyl (C=O) groups excluding carboxylic acids is 1. The fourth-order valence-corrected chi connectivity index (χ4v) is 3.75. The van der Waals surface area contributed by atoms with Crippen LogP contribution in [0.4, 0.5) is 0 Å². The Morgan fingerprint density at radius 3 is 2.87 bits per heavy atom. The number of amides is 1. The van der Waals surface area contributed by atoms with E-state index in [0.717, 1.165) is 30.6 Å². The lowest BCUT2D eigenvalue weighted by Gasteiger charge is -2.28. The Labute approximate surface area is 140 Å². The van der Waals surface area contributed by atoms with Crippen molar-refractivity contribution in [3.8, 4) is 10.8 Å². The summed E-state index contributed by atoms with van der Waals surface area (Å²) in [4.78, 5) is 19.5. The van der Waals surface area contributed by atoms with E-state index in [1.165, 1.54) is 0 Å². The van der Waals surface area contributed by atoms with Gasteiger partial charge in [0.2, 0.25) is 11.8 Å². The first-order valence-corrected chi connectivity index (χ1v) is 8.81. The monoisotopic (exact) mass is 334 g/mol. The zero-order valence-corrected chi connectivity index (χ0v) is 14.4. The third-order valence-corrected chi connectivity index (χ3v) is 5.29. The standard InChI is InChI=1S/C17H22N2O3S/c1-12-13(18-16(22-12)14-6-5-9-23-14)10-15(20)19(2)11-17(21)7-3-4-8-17/h5-6,9,21H,3-4,7-8,10-11H2,1-2H3. The molecule has 2 aromatic heterocycles. The minimum atomic E-state index is -0.717. The van der Waals surface area contributed by atoms with Crippen LogP contribution in [0.2, 0.25) is 0 Å². The van der Waals surface area contributed by atoms with Gasteiger partial charge >= 0.3 is 0 Å². The average Bonchev–Trinajstić information content (AvgIpc) is 3.21. The van der Waals surface area contributed by atoms with Gasteiger partial charge in [0.1, 0.15) is 5.76 Å². The molecule has 23 heavy (non-hydrogen) atoms. The molecule has 1 aliphatic carbocycles. The predicted molar refractivity (Wildman–Crippen MR) is 89.3 cm³/mol. The Morgan fingerprint density at radius 1 is 1.48 bits per heavy atom. The summed E-state index contributed by atoms with van der Waals surface area (Å²) in [6.45, 7) is 2.22. The van der Waals surface area contributed by atoms with Crippen molar-refractivity contribution in [1.29, 1.82) is 0 Å². The second-order valence-corrected chi connectivity index (χ2v) is 7.30. The zero-order valence-electron chi connectivity index (χ0n) is 13.5. The van der Waals surface area contributed by atoms with E-state index in [9.17, 15) is 9.90 Å². The first-order valence-electron chi connectivity index (χ1n) is 7.93. The normalized spacial score (nSPS) is 16.7. The molecule has 6 heteroatoms. The van der Waals surface area contributed by atoms with E-state index in [1.54, 1.807) is 23.3 Å². The van der Waals surface area contributed by atoms with Gasteiger partial charge in [-0.1, -0.05) is 18.9 Å². The molecule has 3 rings (SSSR count). The van der Waals surface area contributed by atoms with Gasteiger partial charge < -0.3 is 14.4 Å². The van der Waals surface area contributed by atoms with E-state index in [2.05, 4.69) is 4.98 Å². The molecule has 1 saturated carbocycles. The van der Waals surface area contributed by atoms with Gasteiger partial charge in [-0.15, -0.1) is 11.3 Å². The summed E-state index contributed by atoms with van der Waals surface area (Å²) in [6, 6.07) is 3.89. The van der Waals surface area contributed by atoms with E-state index in [4.69, 9.17) is 4.42 Å². The number of oxazole rings is 1.